The number of nitrogens with zero attached hydrogens (tertiary/aromatic N) is 1. The number of amides is 3. The van der Waals surface area contributed by atoms with Gasteiger partial charge in [0.25, 0.3) is 5.91 Å². The number of fused-ring (bicyclic) bond motifs is 1. The van der Waals surface area contributed by atoms with Crippen LogP contribution in [0.1, 0.15) is 32.4 Å². The summed E-state index contributed by atoms with van der Waals surface area (Å²) in [5.74, 6) is -1.51. The van der Waals surface area contributed by atoms with Crippen LogP contribution in [0.3, 0.4) is 0 Å². The molecule has 124 valence electrons. The highest BCUT2D eigenvalue weighted by atomic mass is 79.9. The van der Waals surface area contributed by atoms with Crippen LogP contribution in [0, 0.1) is 5.92 Å². The van der Waals surface area contributed by atoms with Crippen molar-refractivity contribution < 1.29 is 14.4 Å². The van der Waals surface area contributed by atoms with Crippen molar-refractivity contribution >= 4 is 39.3 Å². The Morgan fingerprint density at radius 1 is 1.30 bits per heavy atom. The highest BCUT2D eigenvalue weighted by molar-refractivity contribution is 9.10. The molecule has 0 aromatic heterocycles. The summed E-state index contributed by atoms with van der Waals surface area (Å²) >= 11 is 3.37. The number of benzene rings is 1. The maximum Gasteiger partial charge on any atom is 0.310 e. The van der Waals surface area contributed by atoms with E-state index in [-0.39, 0.29) is 11.8 Å². The van der Waals surface area contributed by atoms with Gasteiger partial charge in [-0.05, 0) is 31.0 Å². The predicted octanol–water partition coefficient (Wildman–Crippen LogP) is 1.75. The molecule has 0 spiro atoms. The lowest BCUT2D eigenvalue weighted by atomic mass is 10.1. The van der Waals surface area contributed by atoms with Gasteiger partial charge in [-0.2, -0.15) is 0 Å². The van der Waals surface area contributed by atoms with Gasteiger partial charge in [0.05, 0.1) is 0 Å². The Labute approximate surface area is 143 Å². The van der Waals surface area contributed by atoms with E-state index in [9.17, 15) is 14.4 Å². The van der Waals surface area contributed by atoms with Crippen LogP contribution in [0.25, 0.3) is 0 Å². The van der Waals surface area contributed by atoms with Gasteiger partial charge < -0.3 is 15.5 Å². The number of anilines is 1. The molecule has 0 aliphatic carbocycles. The molecule has 0 bridgehead atoms. The molecule has 7 heteroatoms. The minimum atomic E-state index is -0.834. The summed E-state index contributed by atoms with van der Waals surface area (Å²) in [4.78, 5) is 37.9. The van der Waals surface area contributed by atoms with E-state index in [4.69, 9.17) is 0 Å². The SMILES string of the molecule is CCN1C(=O)[C@H](NC(=O)C(=O)NCC(C)C)c2cc(Br)ccc21. The summed E-state index contributed by atoms with van der Waals surface area (Å²) in [6.45, 7) is 6.65. The first-order chi connectivity index (χ1) is 10.8. The summed E-state index contributed by atoms with van der Waals surface area (Å²) in [7, 11) is 0. The molecule has 1 aromatic carbocycles. The first-order valence-corrected chi connectivity index (χ1v) is 8.34. The van der Waals surface area contributed by atoms with Crippen LogP contribution >= 0.6 is 15.9 Å². The largest absolute Gasteiger partial charge is 0.348 e. The Balaban J connectivity index is 2.17. The standard InChI is InChI=1S/C16H20BrN3O3/c1-4-20-12-6-5-10(17)7-11(12)13(16(20)23)19-15(22)14(21)18-8-9(2)3/h5-7,9,13H,4,8H2,1-3H3,(H,18,21)(H,19,22)/t13-/m1/s1. The zero-order chi connectivity index (χ0) is 17.1. The average Bonchev–Trinajstić information content (AvgIpc) is 2.76. The molecule has 23 heavy (non-hydrogen) atoms. The van der Waals surface area contributed by atoms with Crippen LogP contribution in [-0.2, 0) is 14.4 Å². The van der Waals surface area contributed by atoms with E-state index < -0.39 is 17.9 Å². The molecule has 0 unspecified atom stereocenters. The fourth-order valence-electron chi connectivity index (χ4n) is 2.45. The van der Waals surface area contributed by atoms with Gasteiger partial charge in [-0.15, -0.1) is 0 Å². The smallest absolute Gasteiger partial charge is 0.310 e. The molecular weight excluding hydrogens is 362 g/mol. The van der Waals surface area contributed by atoms with Crippen LogP contribution in [0.5, 0.6) is 0 Å². The first-order valence-electron chi connectivity index (χ1n) is 7.54. The number of carbonyl (C=O) groups excluding carboxylic acids is 3. The van der Waals surface area contributed by atoms with Crippen molar-refractivity contribution in [2.24, 2.45) is 5.92 Å². The Kier molecular flexibility index (Phi) is 5.41. The molecule has 0 saturated heterocycles. The normalized spacial score (nSPS) is 16.5. The van der Waals surface area contributed by atoms with Crippen molar-refractivity contribution in [1.29, 1.82) is 0 Å². The molecule has 1 atom stereocenters. The van der Waals surface area contributed by atoms with Crippen molar-refractivity contribution in [3.05, 3.63) is 28.2 Å². The second-order valence-electron chi connectivity index (χ2n) is 5.80. The minimum absolute atomic E-state index is 0.231. The number of likely N-dealkylation sites (N-methyl/N-ethyl adjacent to an activating group) is 1. The molecule has 1 aliphatic rings. The number of nitrogens with one attached hydrogen (secondary N) is 2. The molecule has 3 amide bonds. The van der Waals surface area contributed by atoms with E-state index in [0.717, 1.165) is 10.2 Å². The van der Waals surface area contributed by atoms with Crippen molar-refractivity contribution in [2.45, 2.75) is 26.8 Å². The summed E-state index contributed by atoms with van der Waals surface area (Å²) in [5.41, 5.74) is 1.45. The van der Waals surface area contributed by atoms with Crippen LogP contribution < -0.4 is 15.5 Å². The molecule has 1 heterocycles. The average molecular weight is 382 g/mol. The molecule has 6 nitrogen and oxygen atoms in total. The lowest BCUT2D eigenvalue weighted by Gasteiger charge is -2.15. The van der Waals surface area contributed by atoms with Crippen LogP contribution in [-0.4, -0.2) is 30.8 Å². The molecule has 2 N–H and O–H groups in total. The van der Waals surface area contributed by atoms with E-state index in [1.165, 1.54) is 0 Å². The van der Waals surface area contributed by atoms with Crippen molar-refractivity contribution in [3.8, 4) is 0 Å². The van der Waals surface area contributed by atoms with Gasteiger partial charge in [-0.1, -0.05) is 29.8 Å². The molecule has 0 radical (unpaired) electrons. The van der Waals surface area contributed by atoms with E-state index in [2.05, 4.69) is 26.6 Å². The fraction of sp³-hybridized carbons (Fsp3) is 0.438. The maximum atomic E-state index is 12.5. The highest BCUT2D eigenvalue weighted by Crippen LogP contribution is 2.37. The Morgan fingerprint density at radius 2 is 2.00 bits per heavy atom. The third-order valence-electron chi connectivity index (χ3n) is 3.57. The van der Waals surface area contributed by atoms with Gasteiger partial charge >= 0.3 is 11.8 Å². The monoisotopic (exact) mass is 381 g/mol. The van der Waals surface area contributed by atoms with Crippen LogP contribution in [0.15, 0.2) is 22.7 Å². The van der Waals surface area contributed by atoms with Crippen LogP contribution in [0.4, 0.5) is 5.69 Å². The summed E-state index contributed by atoms with van der Waals surface area (Å²) in [6, 6.07) is 4.62. The molecule has 2 rings (SSSR count). The van der Waals surface area contributed by atoms with Crippen LogP contribution in [0.2, 0.25) is 0 Å². The first kappa shape index (κ1) is 17.5. The third-order valence-corrected chi connectivity index (χ3v) is 4.07. The van der Waals surface area contributed by atoms with Gasteiger partial charge in [0.15, 0.2) is 0 Å². The highest BCUT2D eigenvalue weighted by Gasteiger charge is 2.38. The number of hydrogen-bond donors (Lipinski definition) is 2. The van der Waals surface area contributed by atoms with Gasteiger partial charge in [0.2, 0.25) is 0 Å². The Bertz CT molecular complexity index is 645. The molecule has 0 saturated carbocycles. The molecule has 1 aromatic rings. The predicted molar refractivity (Wildman–Crippen MR) is 90.9 cm³/mol. The van der Waals surface area contributed by atoms with E-state index in [1.54, 1.807) is 11.0 Å². The van der Waals surface area contributed by atoms with Gasteiger partial charge in [-0.25, -0.2) is 0 Å². The summed E-state index contributed by atoms with van der Waals surface area (Å²) < 4.78 is 0.811. The summed E-state index contributed by atoms with van der Waals surface area (Å²) in [5, 5.41) is 5.08. The Hall–Kier alpha value is -1.89. The zero-order valence-electron chi connectivity index (χ0n) is 13.4. The fourth-order valence-corrected chi connectivity index (χ4v) is 2.83. The van der Waals surface area contributed by atoms with Crippen molar-refractivity contribution in [1.82, 2.24) is 10.6 Å². The number of carbonyl (C=O) groups is 3. The van der Waals surface area contributed by atoms with Gasteiger partial charge in [0.1, 0.15) is 6.04 Å². The van der Waals surface area contributed by atoms with E-state index >= 15 is 0 Å². The summed E-state index contributed by atoms with van der Waals surface area (Å²) in [6.07, 6.45) is 0. The van der Waals surface area contributed by atoms with E-state index in [1.807, 2.05) is 32.9 Å². The van der Waals surface area contributed by atoms with E-state index in [0.29, 0.717) is 18.7 Å². The second kappa shape index (κ2) is 7.12. The van der Waals surface area contributed by atoms with Gasteiger partial charge in [0, 0.05) is 28.8 Å². The van der Waals surface area contributed by atoms with Gasteiger partial charge in [-0.3, -0.25) is 14.4 Å². The lowest BCUT2D eigenvalue weighted by Crippen LogP contribution is -2.45. The molecule has 0 fully saturated rings. The van der Waals surface area contributed by atoms with Crippen molar-refractivity contribution in [3.63, 3.8) is 0 Å². The molecule has 1 aliphatic heterocycles. The quantitative estimate of drug-likeness (QED) is 0.779. The topological polar surface area (TPSA) is 78.5 Å². The molecular formula is C16H20BrN3O3. The maximum absolute atomic E-state index is 12.5. The number of rotatable bonds is 4. The second-order valence-corrected chi connectivity index (χ2v) is 6.71. The lowest BCUT2D eigenvalue weighted by molar-refractivity contribution is -0.140. The number of halogens is 1. The number of hydrogen-bond acceptors (Lipinski definition) is 3. The third kappa shape index (κ3) is 3.72. The Morgan fingerprint density at radius 3 is 2.61 bits per heavy atom. The minimum Gasteiger partial charge on any atom is -0.348 e. The van der Waals surface area contributed by atoms with Crippen molar-refractivity contribution in [2.75, 3.05) is 18.0 Å². The zero-order valence-corrected chi connectivity index (χ0v) is 14.9.